The van der Waals surface area contributed by atoms with Crippen molar-refractivity contribution in [2.45, 2.75) is 6.54 Å². The Labute approximate surface area is 136 Å². The zero-order chi connectivity index (χ0) is 15.4. The number of aliphatic hydroxyl groups excluding tert-OH is 1. The van der Waals surface area contributed by atoms with Gasteiger partial charge in [-0.15, -0.1) is 11.3 Å². The van der Waals surface area contributed by atoms with Crippen molar-refractivity contribution in [2.75, 3.05) is 13.7 Å². The lowest BCUT2D eigenvalue weighted by Crippen LogP contribution is -2.26. The van der Waals surface area contributed by atoms with Gasteiger partial charge < -0.3 is 15.0 Å². The predicted molar refractivity (Wildman–Crippen MR) is 84.9 cm³/mol. The van der Waals surface area contributed by atoms with Gasteiger partial charge in [0.1, 0.15) is 17.5 Å². The lowest BCUT2D eigenvalue weighted by molar-refractivity contribution is 0.0780. The number of halogens is 2. The number of hydrogen-bond donors (Lipinski definition) is 2. The maximum atomic E-state index is 12.2. The first-order chi connectivity index (χ1) is 10.0. The summed E-state index contributed by atoms with van der Waals surface area (Å²) in [5.74, 6) is 5.23. The molecule has 0 spiro atoms. The molecule has 0 bridgehead atoms. The maximum absolute atomic E-state index is 12.2. The second-order valence-electron chi connectivity index (χ2n) is 4.29. The molecule has 0 aliphatic heterocycles. The molecule has 7 heteroatoms. The zero-order valence-corrected chi connectivity index (χ0v) is 13.4. The molecule has 0 unspecified atom stereocenters. The Morgan fingerprint density at radius 2 is 2.24 bits per heavy atom. The number of carbonyl (C=O) groups excluding carboxylic acids is 1. The van der Waals surface area contributed by atoms with Crippen molar-refractivity contribution in [3.63, 3.8) is 0 Å². The number of aliphatic hydroxyl groups is 1. The van der Waals surface area contributed by atoms with Crippen LogP contribution in [-0.2, 0) is 6.54 Å². The number of amides is 1. The molecule has 0 saturated carbocycles. The highest BCUT2D eigenvalue weighted by Gasteiger charge is 2.16. The van der Waals surface area contributed by atoms with E-state index in [1.807, 2.05) is 11.4 Å². The molecule has 2 heterocycles. The van der Waals surface area contributed by atoms with Gasteiger partial charge in [-0.25, -0.2) is 0 Å². The van der Waals surface area contributed by atoms with Crippen molar-refractivity contribution in [3.8, 4) is 11.8 Å². The third-order valence-corrected chi connectivity index (χ3v) is 4.25. The minimum absolute atomic E-state index is 0.167. The molecule has 0 atom stereocenters. The van der Waals surface area contributed by atoms with Gasteiger partial charge in [0, 0.05) is 13.6 Å². The number of aromatic nitrogens is 1. The van der Waals surface area contributed by atoms with E-state index < -0.39 is 0 Å². The molecule has 2 aromatic heterocycles. The molecule has 0 radical (unpaired) electrons. The fraction of sp³-hybridized carbons (Fsp3) is 0.214. The molecule has 2 aromatic rings. The van der Waals surface area contributed by atoms with Gasteiger partial charge in [0.15, 0.2) is 0 Å². The summed E-state index contributed by atoms with van der Waals surface area (Å²) in [5.41, 5.74) is 1.32. The van der Waals surface area contributed by atoms with Crippen LogP contribution in [0, 0.1) is 11.8 Å². The van der Waals surface area contributed by atoms with Crippen LogP contribution in [0.15, 0.2) is 17.5 Å². The minimum atomic E-state index is -0.196. The van der Waals surface area contributed by atoms with Gasteiger partial charge in [-0.1, -0.05) is 35.0 Å². The Morgan fingerprint density at radius 3 is 2.86 bits per heavy atom. The molecule has 0 aromatic carbocycles. The Hall–Kier alpha value is -1.45. The van der Waals surface area contributed by atoms with Crippen LogP contribution in [-0.4, -0.2) is 34.6 Å². The van der Waals surface area contributed by atoms with E-state index in [9.17, 15) is 4.79 Å². The third kappa shape index (κ3) is 4.02. The molecule has 2 N–H and O–H groups in total. The van der Waals surface area contributed by atoms with E-state index in [0.717, 1.165) is 10.4 Å². The predicted octanol–water partition coefficient (Wildman–Crippen LogP) is 3.00. The lowest BCUT2D eigenvalue weighted by atomic mass is 10.2. The van der Waals surface area contributed by atoms with E-state index in [4.69, 9.17) is 28.3 Å². The third-order valence-electron chi connectivity index (χ3n) is 2.67. The maximum Gasteiger partial charge on any atom is 0.270 e. The second kappa shape index (κ2) is 7.01. The first-order valence-corrected chi connectivity index (χ1v) is 7.61. The summed E-state index contributed by atoms with van der Waals surface area (Å²) in [4.78, 5) is 17.4. The average molecular weight is 343 g/mol. The van der Waals surface area contributed by atoms with Crippen molar-refractivity contribution in [1.82, 2.24) is 9.88 Å². The standard InChI is InChI=1S/C14H12Cl2N2O2S/c1-18(14(20)12-6-11(15)13(16)17-12)7-9-5-10(21-8-9)3-2-4-19/h5-6,8,17,19H,4,7H2,1H3. The fourth-order valence-electron chi connectivity index (χ4n) is 1.72. The average Bonchev–Trinajstić information content (AvgIpc) is 3.03. The molecular weight excluding hydrogens is 331 g/mol. The molecule has 1 amide bonds. The monoisotopic (exact) mass is 342 g/mol. The Balaban J connectivity index is 2.05. The van der Waals surface area contributed by atoms with Gasteiger partial charge in [-0.3, -0.25) is 4.79 Å². The summed E-state index contributed by atoms with van der Waals surface area (Å²) < 4.78 is 0. The van der Waals surface area contributed by atoms with Crippen molar-refractivity contribution < 1.29 is 9.90 Å². The molecular formula is C14H12Cl2N2O2S. The molecule has 0 fully saturated rings. The number of hydrogen-bond acceptors (Lipinski definition) is 3. The summed E-state index contributed by atoms with van der Waals surface area (Å²) in [6.07, 6.45) is 0. The molecule has 0 aliphatic carbocycles. The number of nitrogens with one attached hydrogen (secondary N) is 1. The van der Waals surface area contributed by atoms with Gasteiger partial charge >= 0.3 is 0 Å². The van der Waals surface area contributed by atoms with E-state index in [0.29, 0.717) is 17.3 Å². The van der Waals surface area contributed by atoms with E-state index >= 15 is 0 Å². The van der Waals surface area contributed by atoms with Crippen LogP contribution in [0.5, 0.6) is 0 Å². The van der Waals surface area contributed by atoms with Crippen molar-refractivity contribution >= 4 is 40.4 Å². The van der Waals surface area contributed by atoms with Gasteiger partial charge in [-0.2, -0.15) is 0 Å². The Morgan fingerprint density at radius 1 is 1.48 bits per heavy atom. The molecule has 0 saturated heterocycles. The first-order valence-electron chi connectivity index (χ1n) is 5.98. The van der Waals surface area contributed by atoms with Gasteiger partial charge in [-0.05, 0) is 23.1 Å². The zero-order valence-electron chi connectivity index (χ0n) is 11.1. The van der Waals surface area contributed by atoms with Crippen LogP contribution in [0.25, 0.3) is 0 Å². The smallest absolute Gasteiger partial charge is 0.270 e. The van der Waals surface area contributed by atoms with Crippen molar-refractivity contribution in [3.05, 3.63) is 43.8 Å². The summed E-state index contributed by atoms with van der Waals surface area (Å²) >= 11 is 13.1. The number of carbonyl (C=O) groups is 1. The quantitative estimate of drug-likeness (QED) is 0.842. The highest BCUT2D eigenvalue weighted by molar-refractivity contribution is 7.10. The van der Waals surface area contributed by atoms with Crippen LogP contribution < -0.4 is 0 Å². The van der Waals surface area contributed by atoms with Crippen LogP contribution in [0.3, 0.4) is 0 Å². The van der Waals surface area contributed by atoms with Crippen molar-refractivity contribution in [2.24, 2.45) is 0 Å². The van der Waals surface area contributed by atoms with E-state index in [1.165, 1.54) is 17.4 Å². The topological polar surface area (TPSA) is 56.3 Å². The minimum Gasteiger partial charge on any atom is -0.384 e. The number of rotatable bonds is 3. The summed E-state index contributed by atoms with van der Waals surface area (Å²) in [6.45, 7) is 0.282. The molecule has 4 nitrogen and oxygen atoms in total. The van der Waals surface area contributed by atoms with Gasteiger partial charge in [0.05, 0.1) is 9.90 Å². The van der Waals surface area contributed by atoms with Crippen LogP contribution in [0.4, 0.5) is 0 Å². The Kier molecular flexibility index (Phi) is 5.32. The van der Waals surface area contributed by atoms with Crippen LogP contribution in [0.2, 0.25) is 10.2 Å². The summed E-state index contributed by atoms with van der Waals surface area (Å²) in [7, 11) is 1.70. The lowest BCUT2D eigenvalue weighted by Gasteiger charge is -2.15. The van der Waals surface area contributed by atoms with Gasteiger partial charge in [0.2, 0.25) is 0 Å². The van der Waals surface area contributed by atoms with E-state index in [1.54, 1.807) is 11.9 Å². The summed E-state index contributed by atoms with van der Waals surface area (Å²) in [5, 5.41) is 11.2. The van der Waals surface area contributed by atoms with E-state index in [2.05, 4.69) is 16.8 Å². The van der Waals surface area contributed by atoms with Crippen LogP contribution >= 0.6 is 34.5 Å². The number of aromatic amines is 1. The van der Waals surface area contributed by atoms with Crippen LogP contribution in [0.1, 0.15) is 20.9 Å². The Bertz CT molecular complexity index is 693. The molecule has 110 valence electrons. The van der Waals surface area contributed by atoms with E-state index in [-0.39, 0.29) is 17.7 Å². The van der Waals surface area contributed by atoms with Crippen molar-refractivity contribution in [1.29, 1.82) is 0 Å². The summed E-state index contributed by atoms with van der Waals surface area (Å²) in [6, 6.07) is 3.40. The first kappa shape index (κ1) is 15.9. The largest absolute Gasteiger partial charge is 0.384 e. The second-order valence-corrected chi connectivity index (χ2v) is 5.98. The number of thiophene rings is 1. The number of nitrogens with zero attached hydrogens (tertiary/aromatic N) is 1. The molecule has 21 heavy (non-hydrogen) atoms. The fourth-order valence-corrected chi connectivity index (χ4v) is 2.81. The highest BCUT2D eigenvalue weighted by Crippen LogP contribution is 2.23. The SMILES string of the molecule is CN(Cc1csc(C#CCO)c1)C(=O)c1cc(Cl)c(Cl)[nH]1. The highest BCUT2D eigenvalue weighted by atomic mass is 35.5. The normalized spacial score (nSPS) is 10.1. The molecule has 0 aliphatic rings. The number of H-pyrrole nitrogens is 1. The molecule has 2 rings (SSSR count). The van der Waals surface area contributed by atoms with Gasteiger partial charge in [0.25, 0.3) is 5.91 Å².